The third kappa shape index (κ3) is 3.86. The lowest BCUT2D eigenvalue weighted by molar-refractivity contribution is -0.133. The Kier molecular flexibility index (Phi) is 5.30. The molecule has 152 valence electrons. The molecule has 3 aromatic rings. The highest BCUT2D eigenvalue weighted by molar-refractivity contribution is 5.76. The highest BCUT2D eigenvalue weighted by Gasteiger charge is 2.21. The van der Waals surface area contributed by atoms with Crippen LogP contribution in [0.2, 0.25) is 0 Å². The van der Waals surface area contributed by atoms with Crippen LogP contribution < -0.4 is 10.3 Å². The van der Waals surface area contributed by atoms with Gasteiger partial charge < -0.3 is 14.5 Å². The lowest BCUT2D eigenvalue weighted by Gasteiger charge is -2.34. The lowest BCUT2D eigenvalue weighted by atomic mass is 10.1. The molecule has 29 heavy (non-hydrogen) atoms. The van der Waals surface area contributed by atoms with Crippen LogP contribution in [0, 0.1) is 0 Å². The second-order valence-electron chi connectivity index (χ2n) is 7.00. The number of likely N-dealkylation sites (N-methyl/N-ethyl adjacent to an activating group) is 1. The molecule has 0 N–H and O–H groups in total. The molecule has 0 aliphatic carbocycles. The van der Waals surface area contributed by atoms with Crippen LogP contribution in [0.15, 0.2) is 41.5 Å². The predicted octanol–water partition coefficient (Wildman–Crippen LogP) is 0.731. The van der Waals surface area contributed by atoms with Crippen LogP contribution in [0.5, 0.6) is 5.75 Å². The summed E-state index contributed by atoms with van der Waals surface area (Å²) >= 11 is 0. The first-order valence-electron chi connectivity index (χ1n) is 9.69. The molecule has 1 aliphatic rings. The fraction of sp³-hybridized carbons (Fsp3) is 0.400. The van der Waals surface area contributed by atoms with Crippen LogP contribution in [-0.2, 0) is 11.3 Å². The van der Waals surface area contributed by atoms with E-state index in [1.807, 2.05) is 24.3 Å². The van der Waals surface area contributed by atoms with Gasteiger partial charge in [-0.15, -0.1) is 0 Å². The van der Waals surface area contributed by atoms with Crippen molar-refractivity contribution in [3.8, 4) is 17.0 Å². The summed E-state index contributed by atoms with van der Waals surface area (Å²) in [5.74, 6) is 0.661. The highest BCUT2D eigenvalue weighted by Crippen LogP contribution is 2.21. The maximum absolute atomic E-state index is 12.8. The van der Waals surface area contributed by atoms with Gasteiger partial charge in [-0.1, -0.05) is 6.92 Å². The highest BCUT2D eigenvalue weighted by atomic mass is 16.5. The van der Waals surface area contributed by atoms with E-state index in [0.29, 0.717) is 24.3 Å². The topological polar surface area (TPSA) is 85.0 Å². The molecule has 4 rings (SSSR count). The van der Waals surface area contributed by atoms with Gasteiger partial charge in [0.15, 0.2) is 0 Å². The van der Waals surface area contributed by atoms with Gasteiger partial charge in [-0.05, 0) is 36.9 Å². The van der Waals surface area contributed by atoms with Crippen LogP contribution in [0.1, 0.15) is 6.92 Å². The van der Waals surface area contributed by atoms with Gasteiger partial charge in [0.05, 0.1) is 12.8 Å². The number of rotatable bonds is 5. The molecule has 1 fully saturated rings. The van der Waals surface area contributed by atoms with Crippen LogP contribution in [-0.4, -0.2) is 74.9 Å². The zero-order valence-corrected chi connectivity index (χ0v) is 16.6. The quantitative estimate of drug-likeness (QED) is 0.632. The third-order valence-corrected chi connectivity index (χ3v) is 5.33. The Bertz CT molecular complexity index is 1060. The summed E-state index contributed by atoms with van der Waals surface area (Å²) in [7, 11) is 1.61. The Hall–Kier alpha value is -3.20. The van der Waals surface area contributed by atoms with Gasteiger partial charge in [0, 0.05) is 31.7 Å². The fourth-order valence-corrected chi connectivity index (χ4v) is 3.50. The predicted molar refractivity (Wildman–Crippen MR) is 108 cm³/mol. The summed E-state index contributed by atoms with van der Waals surface area (Å²) < 4.78 is 7.83. The lowest BCUT2D eigenvalue weighted by Crippen LogP contribution is -2.50. The molecule has 2 aromatic heterocycles. The smallest absolute Gasteiger partial charge is 0.293 e. The van der Waals surface area contributed by atoms with Crippen LogP contribution in [0.25, 0.3) is 16.8 Å². The minimum atomic E-state index is -0.333. The van der Waals surface area contributed by atoms with Gasteiger partial charge in [-0.2, -0.15) is 10.2 Å². The van der Waals surface area contributed by atoms with Gasteiger partial charge >= 0.3 is 0 Å². The Morgan fingerprint density at radius 3 is 2.52 bits per heavy atom. The molecule has 1 amide bonds. The van der Waals surface area contributed by atoms with Crippen molar-refractivity contribution in [2.45, 2.75) is 13.5 Å². The van der Waals surface area contributed by atoms with Crippen molar-refractivity contribution in [3.05, 3.63) is 47.0 Å². The molecule has 9 heteroatoms. The number of nitrogens with zero attached hydrogens (tertiary/aromatic N) is 6. The summed E-state index contributed by atoms with van der Waals surface area (Å²) in [5, 5.41) is 8.56. The maximum Gasteiger partial charge on any atom is 0.293 e. The molecule has 0 atom stereocenters. The van der Waals surface area contributed by atoms with Crippen molar-refractivity contribution in [2.75, 3.05) is 39.8 Å². The Morgan fingerprint density at radius 2 is 1.86 bits per heavy atom. The van der Waals surface area contributed by atoms with Crippen molar-refractivity contribution < 1.29 is 9.53 Å². The molecular formula is C20H24N6O3. The van der Waals surface area contributed by atoms with Gasteiger partial charge in [0.2, 0.25) is 5.91 Å². The number of benzene rings is 1. The van der Waals surface area contributed by atoms with Crippen molar-refractivity contribution >= 4 is 11.4 Å². The van der Waals surface area contributed by atoms with E-state index in [1.165, 1.54) is 15.5 Å². The van der Waals surface area contributed by atoms with E-state index in [2.05, 4.69) is 22.0 Å². The summed E-state index contributed by atoms with van der Waals surface area (Å²) in [6.07, 6.45) is 1.46. The fourth-order valence-electron chi connectivity index (χ4n) is 3.50. The summed E-state index contributed by atoms with van der Waals surface area (Å²) in [6, 6.07) is 9.16. The number of aromatic nitrogens is 4. The van der Waals surface area contributed by atoms with E-state index in [1.54, 1.807) is 18.1 Å². The van der Waals surface area contributed by atoms with E-state index in [0.717, 1.165) is 30.9 Å². The third-order valence-electron chi connectivity index (χ3n) is 5.33. The summed E-state index contributed by atoms with van der Waals surface area (Å²) in [5.41, 5.74) is 1.58. The van der Waals surface area contributed by atoms with E-state index in [9.17, 15) is 9.59 Å². The molecule has 9 nitrogen and oxygen atoms in total. The molecule has 1 aromatic carbocycles. The number of hydrogen-bond acceptors (Lipinski definition) is 6. The number of carbonyl (C=O) groups excluding carboxylic acids is 1. The average molecular weight is 396 g/mol. The van der Waals surface area contributed by atoms with Crippen molar-refractivity contribution in [2.24, 2.45) is 0 Å². The molecular weight excluding hydrogens is 372 g/mol. The van der Waals surface area contributed by atoms with Crippen molar-refractivity contribution in [1.29, 1.82) is 0 Å². The second kappa shape index (κ2) is 8.04. The van der Waals surface area contributed by atoms with Crippen LogP contribution in [0.4, 0.5) is 0 Å². The minimum Gasteiger partial charge on any atom is -0.497 e. The summed E-state index contributed by atoms with van der Waals surface area (Å²) in [6.45, 7) is 6.11. The molecule has 0 radical (unpaired) electrons. The number of fused-ring (bicyclic) bond motifs is 1. The number of ether oxygens (including phenoxy) is 1. The molecule has 1 saturated heterocycles. The Morgan fingerprint density at radius 1 is 1.14 bits per heavy atom. The first kappa shape index (κ1) is 19.1. The second-order valence-corrected chi connectivity index (χ2v) is 7.00. The molecule has 0 unspecified atom stereocenters. The SMILES string of the molecule is CCN1CCN(C(=O)Cn2ncn3nc(-c4ccc(OC)cc4)cc3c2=O)CC1. The first-order valence-corrected chi connectivity index (χ1v) is 9.69. The standard InChI is InChI=1S/C20H24N6O3/c1-3-23-8-10-24(11-9-23)19(27)13-25-20(28)18-12-17(22-26(18)14-21-25)15-4-6-16(29-2)7-5-15/h4-7,12,14H,3,8-11,13H2,1-2H3. The number of piperazine rings is 1. The summed E-state index contributed by atoms with van der Waals surface area (Å²) in [4.78, 5) is 29.5. The number of carbonyl (C=O) groups is 1. The Balaban J connectivity index is 1.54. The molecule has 0 spiro atoms. The number of methoxy groups -OCH3 is 1. The van der Waals surface area contributed by atoms with E-state index < -0.39 is 0 Å². The zero-order chi connectivity index (χ0) is 20.4. The van der Waals surface area contributed by atoms with Gasteiger partial charge in [0.1, 0.15) is 24.1 Å². The minimum absolute atomic E-state index is 0.0650. The van der Waals surface area contributed by atoms with E-state index in [-0.39, 0.29) is 18.0 Å². The van der Waals surface area contributed by atoms with Gasteiger partial charge in [0.25, 0.3) is 5.56 Å². The van der Waals surface area contributed by atoms with Crippen LogP contribution in [0.3, 0.4) is 0 Å². The molecule has 3 heterocycles. The zero-order valence-electron chi connectivity index (χ0n) is 16.6. The normalized spacial score (nSPS) is 15.0. The number of amides is 1. The van der Waals surface area contributed by atoms with E-state index in [4.69, 9.17) is 4.74 Å². The monoisotopic (exact) mass is 396 g/mol. The van der Waals surface area contributed by atoms with Gasteiger partial charge in [-0.3, -0.25) is 9.59 Å². The molecule has 0 bridgehead atoms. The largest absolute Gasteiger partial charge is 0.497 e. The first-order chi connectivity index (χ1) is 14.1. The van der Waals surface area contributed by atoms with Crippen LogP contribution >= 0.6 is 0 Å². The Labute approximate surface area is 168 Å². The molecule has 0 saturated carbocycles. The van der Waals surface area contributed by atoms with Gasteiger partial charge in [-0.25, -0.2) is 9.20 Å². The maximum atomic E-state index is 12.8. The average Bonchev–Trinajstić information content (AvgIpc) is 3.21. The number of hydrogen-bond donors (Lipinski definition) is 0. The molecule has 1 aliphatic heterocycles. The van der Waals surface area contributed by atoms with Crippen molar-refractivity contribution in [1.82, 2.24) is 29.2 Å². The van der Waals surface area contributed by atoms with E-state index >= 15 is 0 Å². The van der Waals surface area contributed by atoms with Crippen molar-refractivity contribution in [3.63, 3.8) is 0 Å².